The molecule has 2 aromatic rings. The molecular weight excluding hydrogens is 235 g/mol. The third-order valence-corrected chi connectivity index (χ3v) is 2.31. The molecule has 0 bridgehead atoms. The Bertz CT molecular complexity index is 460. The fourth-order valence-electron chi connectivity index (χ4n) is 1.26. The molecule has 2 heterocycles. The lowest BCUT2D eigenvalue weighted by Gasteiger charge is -2.03. The van der Waals surface area contributed by atoms with Crippen molar-refractivity contribution in [3.8, 4) is 11.6 Å². The van der Waals surface area contributed by atoms with Gasteiger partial charge in [0.1, 0.15) is 10.3 Å². The lowest BCUT2D eigenvalue weighted by molar-refractivity contribution is 0.764. The van der Waals surface area contributed by atoms with Crippen molar-refractivity contribution in [1.29, 1.82) is 0 Å². The summed E-state index contributed by atoms with van der Waals surface area (Å²) in [6, 6.07) is 1.49. The summed E-state index contributed by atoms with van der Waals surface area (Å²) < 4.78 is 1.92. The molecule has 0 amide bonds. The van der Waals surface area contributed by atoms with Gasteiger partial charge in [-0.25, -0.2) is 15.0 Å². The molecular formula is C9H8Cl2N4. The van der Waals surface area contributed by atoms with Gasteiger partial charge in [0.15, 0.2) is 11.6 Å². The first-order chi connectivity index (χ1) is 7.20. The monoisotopic (exact) mass is 242 g/mol. The number of hydrogen-bond acceptors (Lipinski definition) is 3. The molecule has 0 aliphatic carbocycles. The summed E-state index contributed by atoms with van der Waals surface area (Å²) in [4.78, 5) is 12.3. The summed E-state index contributed by atoms with van der Waals surface area (Å²) in [6.07, 6.45) is 3.55. The van der Waals surface area contributed by atoms with Crippen LogP contribution in [0.3, 0.4) is 0 Å². The van der Waals surface area contributed by atoms with Crippen LogP contribution in [-0.4, -0.2) is 19.5 Å². The summed E-state index contributed by atoms with van der Waals surface area (Å²) in [6.45, 7) is 2.81. The Balaban J connectivity index is 2.53. The molecule has 0 unspecified atom stereocenters. The Labute approximate surface area is 96.9 Å². The maximum Gasteiger partial charge on any atom is 0.198 e. The van der Waals surface area contributed by atoms with E-state index in [1.807, 2.05) is 17.7 Å². The normalized spacial score (nSPS) is 10.6. The van der Waals surface area contributed by atoms with Gasteiger partial charge in [-0.15, -0.1) is 0 Å². The highest BCUT2D eigenvalue weighted by Gasteiger charge is 2.09. The number of imidazole rings is 1. The smallest absolute Gasteiger partial charge is 0.198 e. The van der Waals surface area contributed by atoms with E-state index < -0.39 is 0 Å². The second-order valence-electron chi connectivity index (χ2n) is 2.87. The average Bonchev–Trinajstić information content (AvgIpc) is 2.63. The zero-order valence-corrected chi connectivity index (χ0v) is 9.50. The minimum absolute atomic E-state index is 0.315. The van der Waals surface area contributed by atoms with Gasteiger partial charge in [-0.05, 0) is 6.92 Å². The van der Waals surface area contributed by atoms with Crippen LogP contribution in [0.15, 0.2) is 18.5 Å². The van der Waals surface area contributed by atoms with Crippen LogP contribution in [0.1, 0.15) is 6.92 Å². The Morgan fingerprint density at radius 2 is 1.93 bits per heavy atom. The van der Waals surface area contributed by atoms with Gasteiger partial charge in [0.05, 0.1) is 0 Å². The molecule has 0 atom stereocenters. The van der Waals surface area contributed by atoms with Gasteiger partial charge in [-0.3, -0.25) is 0 Å². The molecule has 2 rings (SSSR count). The van der Waals surface area contributed by atoms with Crippen molar-refractivity contribution in [3.63, 3.8) is 0 Å². The molecule has 4 nitrogen and oxygen atoms in total. The highest BCUT2D eigenvalue weighted by atomic mass is 35.5. The molecule has 0 N–H and O–H groups in total. The summed E-state index contributed by atoms with van der Waals surface area (Å²) in [5.41, 5.74) is 0. The SMILES string of the molecule is CCn1ccnc1-c1nc(Cl)cc(Cl)n1. The molecule has 6 heteroatoms. The topological polar surface area (TPSA) is 43.6 Å². The van der Waals surface area contributed by atoms with E-state index in [1.54, 1.807) is 6.20 Å². The van der Waals surface area contributed by atoms with Gasteiger partial charge in [-0.1, -0.05) is 23.2 Å². The molecule has 0 saturated heterocycles. The van der Waals surface area contributed by atoms with Gasteiger partial charge in [0, 0.05) is 25.0 Å². The van der Waals surface area contributed by atoms with Crippen LogP contribution in [0, 0.1) is 0 Å². The largest absolute Gasteiger partial charge is 0.329 e. The summed E-state index contributed by atoms with van der Waals surface area (Å²) >= 11 is 11.6. The molecule has 0 aromatic carbocycles. The maximum atomic E-state index is 5.79. The van der Waals surface area contributed by atoms with Crippen LogP contribution in [0.4, 0.5) is 0 Å². The molecule has 78 valence electrons. The average molecular weight is 243 g/mol. The molecule has 0 saturated carbocycles. The van der Waals surface area contributed by atoms with Crippen LogP contribution in [0.2, 0.25) is 10.3 Å². The van der Waals surface area contributed by atoms with Crippen LogP contribution in [0.25, 0.3) is 11.6 Å². The van der Waals surface area contributed by atoms with E-state index in [0.717, 1.165) is 6.54 Å². The van der Waals surface area contributed by atoms with Crippen molar-refractivity contribution >= 4 is 23.2 Å². The first-order valence-corrected chi connectivity index (χ1v) is 5.18. The number of aromatic nitrogens is 4. The predicted molar refractivity (Wildman–Crippen MR) is 58.9 cm³/mol. The number of hydrogen-bond donors (Lipinski definition) is 0. The minimum atomic E-state index is 0.315. The second-order valence-corrected chi connectivity index (χ2v) is 3.65. The highest BCUT2D eigenvalue weighted by Crippen LogP contribution is 2.18. The van der Waals surface area contributed by atoms with Gasteiger partial charge >= 0.3 is 0 Å². The number of halogens is 2. The zero-order chi connectivity index (χ0) is 10.8. The van der Waals surface area contributed by atoms with E-state index in [-0.39, 0.29) is 0 Å². The van der Waals surface area contributed by atoms with Crippen molar-refractivity contribution in [2.24, 2.45) is 0 Å². The first-order valence-electron chi connectivity index (χ1n) is 4.42. The lowest BCUT2D eigenvalue weighted by Crippen LogP contribution is -2.00. The quantitative estimate of drug-likeness (QED) is 0.761. The summed E-state index contributed by atoms with van der Waals surface area (Å²) in [7, 11) is 0. The Hall–Kier alpha value is -1.13. The number of aryl methyl sites for hydroxylation is 1. The molecule has 2 aromatic heterocycles. The van der Waals surface area contributed by atoms with Crippen molar-refractivity contribution < 1.29 is 0 Å². The van der Waals surface area contributed by atoms with Crippen LogP contribution in [-0.2, 0) is 6.54 Å². The molecule has 0 aliphatic rings. The van der Waals surface area contributed by atoms with Crippen LogP contribution < -0.4 is 0 Å². The molecule has 0 fully saturated rings. The van der Waals surface area contributed by atoms with E-state index in [2.05, 4.69) is 15.0 Å². The van der Waals surface area contributed by atoms with E-state index in [1.165, 1.54) is 6.07 Å². The Kier molecular flexibility index (Phi) is 2.88. The predicted octanol–water partition coefficient (Wildman–Crippen LogP) is 2.67. The van der Waals surface area contributed by atoms with Crippen molar-refractivity contribution in [2.75, 3.05) is 0 Å². The third kappa shape index (κ3) is 2.11. The highest BCUT2D eigenvalue weighted by molar-refractivity contribution is 6.33. The fraction of sp³-hybridized carbons (Fsp3) is 0.222. The fourth-order valence-corrected chi connectivity index (χ4v) is 1.68. The lowest BCUT2D eigenvalue weighted by atomic mass is 10.5. The van der Waals surface area contributed by atoms with Gasteiger partial charge < -0.3 is 4.57 Å². The van der Waals surface area contributed by atoms with Crippen molar-refractivity contribution in [3.05, 3.63) is 28.8 Å². The zero-order valence-electron chi connectivity index (χ0n) is 7.98. The van der Waals surface area contributed by atoms with Crippen LogP contribution >= 0.6 is 23.2 Å². The van der Waals surface area contributed by atoms with Gasteiger partial charge in [0.25, 0.3) is 0 Å². The third-order valence-electron chi connectivity index (χ3n) is 1.92. The van der Waals surface area contributed by atoms with Crippen LogP contribution in [0.5, 0.6) is 0 Å². The Morgan fingerprint density at radius 1 is 1.27 bits per heavy atom. The van der Waals surface area contributed by atoms with E-state index in [0.29, 0.717) is 22.0 Å². The van der Waals surface area contributed by atoms with E-state index >= 15 is 0 Å². The second kappa shape index (κ2) is 4.16. The molecule has 15 heavy (non-hydrogen) atoms. The maximum absolute atomic E-state index is 5.79. The van der Waals surface area contributed by atoms with E-state index in [4.69, 9.17) is 23.2 Å². The van der Waals surface area contributed by atoms with Crippen molar-refractivity contribution in [2.45, 2.75) is 13.5 Å². The Morgan fingerprint density at radius 3 is 2.53 bits per heavy atom. The van der Waals surface area contributed by atoms with Crippen molar-refractivity contribution in [1.82, 2.24) is 19.5 Å². The first kappa shape index (κ1) is 10.4. The molecule has 0 spiro atoms. The van der Waals surface area contributed by atoms with Gasteiger partial charge in [0.2, 0.25) is 0 Å². The molecule has 0 aliphatic heterocycles. The standard InChI is InChI=1S/C9H8Cl2N4/c1-2-15-4-3-12-9(15)8-13-6(10)5-7(11)14-8/h3-5H,2H2,1H3. The number of rotatable bonds is 2. The summed E-state index contributed by atoms with van der Waals surface area (Å²) in [5.74, 6) is 1.11. The minimum Gasteiger partial charge on any atom is -0.329 e. The number of nitrogens with zero attached hydrogens (tertiary/aromatic N) is 4. The summed E-state index contributed by atoms with van der Waals surface area (Å²) in [5, 5.41) is 0.631. The molecule has 0 radical (unpaired) electrons. The van der Waals surface area contributed by atoms with E-state index in [9.17, 15) is 0 Å². The van der Waals surface area contributed by atoms with Gasteiger partial charge in [-0.2, -0.15) is 0 Å².